The summed E-state index contributed by atoms with van der Waals surface area (Å²) in [5.74, 6) is 0.0774. The lowest BCUT2D eigenvalue weighted by atomic mass is 10.1. The Morgan fingerprint density at radius 3 is 2.69 bits per heavy atom. The number of carboxylic acids is 1. The van der Waals surface area contributed by atoms with Crippen LogP contribution in [-0.4, -0.2) is 21.0 Å². The van der Waals surface area contributed by atoms with Gasteiger partial charge in [-0.3, -0.25) is 0 Å². The van der Waals surface area contributed by atoms with Gasteiger partial charge in [-0.15, -0.1) is 0 Å². The average Bonchev–Trinajstić information content (AvgIpc) is 2.28. The molecular weight excluding hydrogens is 204 g/mol. The molecule has 16 heavy (non-hydrogen) atoms. The zero-order chi connectivity index (χ0) is 12.1. The van der Waals surface area contributed by atoms with Gasteiger partial charge in [-0.05, 0) is 12.8 Å². The first-order valence-corrected chi connectivity index (χ1v) is 5.69. The molecule has 0 aliphatic heterocycles. The van der Waals surface area contributed by atoms with E-state index in [0.29, 0.717) is 12.1 Å². The van der Waals surface area contributed by atoms with Crippen molar-refractivity contribution in [2.75, 3.05) is 0 Å². The molecule has 0 amide bonds. The number of aromatic nitrogens is 2. The molecule has 1 unspecified atom stereocenters. The molecule has 88 valence electrons. The van der Waals surface area contributed by atoms with E-state index in [9.17, 15) is 4.79 Å². The number of hydrogen-bond donors (Lipinski definition) is 1. The Balaban J connectivity index is 3.11. The van der Waals surface area contributed by atoms with Crippen LogP contribution in [0.3, 0.4) is 0 Å². The van der Waals surface area contributed by atoms with E-state index in [1.165, 1.54) is 6.20 Å². The Morgan fingerprint density at radius 2 is 2.19 bits per heavy atom. The Kier molecular flexibility index (Phi) is 4.40. The van der Waals surface area contributed by atoms with Crippen molar-refractivity contribution in [3.63, 3.8) is 0 Å². The highest BCUT2D eigenvalue weighted by Crippen LogP contribution is 2.16. The first-order chi connectivity index (χ1) is 7.60. The zero-order valence-electron chi connectivity index (χ0n) is 10.0. The van der Waals surface area contributed by atoms with Gasteiger partial charge in [-0.1, -0.05) is 27.2 Å². The third-order valence-electron chi connectivity index (χ3n) is 2.66. The zero-order valence-corrected chi connectivity index (χ0v) is 10.0. The number of carboxylic acid groups (broad SMARTS) is 1. The van der Waals surface area contributed by atoms with E-state index in [-0.39, 0.29) is 11.5 Å². The molecular formula is C12H18N2O2. The lowest BCUT2D eigenvalue weighted by Gasteiger charge is -2.10. The number of nitrogens with zero attached hydrogens (tertiary/aromatic N) is 2. The highest BCUT2D eigenvalue weighted by atomic mass is 16.4. The van der Waals surface area contributed by atoms with E-state index in [4.69, 9.17) is 5.11 Å². The molecule has 0 aromatic carbocycles. The van der Waals surface area contributed by atoms with Crippen LogP contribution >= 0.6 is 0 Å². The molecule has 0 aliphatic carbocycles. The second-order valence-corrected chi connectivity index (χ2v) is 3.95. The van der Waals surface area contributed by atoms with E-state index < -0.39 is 5.97 Å². The summed E-state index contributed by atoms with van der Waals surface area (Å²) in [4.78, 5) is 19.5. The van der Waals surface area contributed by atoms with E-state index in [2.05, 4.69) is 16.9 Å². The van der Waals surface area contributed by atoms with Gasteiger partial charge in [0.1, 0.15) is 5.82 Å². The van der Waals surface area contributed by atoms with Gasteiger partial charge in [0.05, 0.1) is 11.3 Å². The largest absolute Gasteiger partial charge is 0.478 e. The number of aromatic carboxylic acids is 1. The lowest BCUT2D eigenvalue weighted by Crippen LogP contribution is -2.10. The molecule has 1 N–H and O–H groups in total. The van der Waals surface area contributed by atoms with Crippen LogP contribution in [0.5, 0.6) is 0 Å². The maximum Gasteiger partial charge on any atom is 0.339 e. The predicted octanol–water partition coefficient (Wildman–Crippen LogP) is 2.64. The first-order valence-electron chi connectivity index (χ1n) is 5.69. The smallest absolute Gasteiger partial charge is 0.339 e. The summed E-state index contributed by atoms with van der Waals surface area (Å²) in [7, 11) is 0. The quantitative estimate of drug-likeness (QED) is 0.831. The summed E-state index contributed by atoms with van der Waals surface area (Å²) in [6.07, 6.45) is 3.96. The molecule has 0 radical (unpaired) electrons. The maximum absolute atomic E-state index is 11.0. The van der Waals surface area contributed by atoms with Gasteiger partial charge in [0.15, 0.2) is 0 Å². The first kappa shape index (κ1) is 12.6. The van der Waals surface area contributed by atoms with Gasteiger partial charge in [-0.2, -0.15) is 0 Å². The minimum absolute atomic E-state index is 0.230. The molecule has 4 nitrogen and oxygen atoms in total. The van der Waals surface area contributed by atoms with Gasteiger partial charge in [0.2, 0.25) is 0 Å². The number of rotatable bonds is 5. The summed E-state index contributed by atoms with van der Waals surface area (Å²) < 4.78 is 0. The molecule has 0 spiro atoms. The number of aryl methyl sites for hydroxylation is 1. The Labute approximate surface area is 95.7 Å². The summed E-state index contributed by atoms with van der Waals surface area (Å²) in [6.45, 7) is 6.13. The normalized spacial score (nSPS) is 12.4. The van der Waals surface area contributed by atoms with Crippen LogP contribution in [0, 0.1) is 0 Å². The van der Waals surface area contributed by atoms with Gasteiger partial charge in [0, 0.05) is 12.1 Å². The van der Waals surface area contributed by atoms with Crippen molar-refractivity contribution in [3.8, 4) is 0 Å². The van der Waals surface area contributed by atoms with Gasteiger partial charge in [-0.25, -0.2) is 14.8 Å². The Morgan fingerprint density at radius 1 is 1.50 bits per heavy atom. The third-order valence-corrected chi connectivity index (χ3v) is 2.66. The van der Waals surface area contributed by atoms with Gasteiger partial charge >= 0.3 is 5.97 Å². The van der Waals surface area contributed by atoms with Crippen LogP contribution in [0.25, 0.3) is 0 Å². The van der Waals surface area contributed by atoms with Crippen LogP contribution in [-0.2, 0) is 6.42 Å². The monoisotopic (exact) mass is 222 g/mol. The van der Waals surface area contributed by atoms with Crippen molar-refractivity contribution in [2.45, 2.75) is 46.0 Å². The molecule has 0 bridgehead atoms. The minimum Gasteiger partial charge on any atom is -0.478 e. The summed E-state index contributed by atoms with van der Waals surface area (Å²) in [5.41, 5.74) is 0.884. The topological polar surface area (TPSA) is 63.1 Å². The number of carbonyl (C=O) groups is 1. The van der Waals surface area contributed by atoms with Crippen molar-refractivity contribution in [1.82, 2.24) is 9.97 Å². The average molecular weight is 222 g/mol. The standard InChI is InChI=1S/C12H18N2O2/c1-4-6-10-9(12(15)16)7-13-11(14-10)8(3)5-2/h7-8H,4-6H2,1-3H3,(H,15,16). The van der Waals surface area contributed by atoms with Crippen molar-refractivity contribution in [1.29, 1.82) is 0 Å². The minimum atomic E-state index is -0.945. The molecule has 0 saturated heterocycles. The van der Waals surface area contributed by atoms with Crippen LogP contribution < -0.4 is 0 Å². The van der Waals surface area contributed by atoms with Crippen molar-refractivity contribution < 1.29 is 9.90 Å². The molecule has 0 fully saturated rings. The summed E-state index contributed by atoms with van der Waals surface area (Å²) >= 11 is 0. The molecule has 1 rings (SSSR count). The van der Waals surface area contributed by atoms with Crippen LogP contribution in [0.15, 0.2) is 6.20 Å². The SMILES string of the molecule is CCCc1nc(C(C)CC)ncc1C(=O)O. The summed E-state index contributed by atoms with van der Waals surface area (Å²) in [6, 6.07) is 0. The van der Waals surface area contributed by atoms with Crippen LogP contribution in [0.2, 0.25) is 0 Å². The summed E-state index contributed by atoms with van der Waals surface area (Å²) in [5, 5.41) is 9.00. The van der Waals surface area contributed by atoms with Gasteiger partial charge in [0.25, 0.3) is 0 Å². The fraction of sp³-hybridized carbons (Fsp3) is 0.583. The van der Waals surface area contributed by atoms with Crippen molar-refractivity contribution >= 4 is 5.97 Å². The number of hydrogen-bond acceptors (Lipinski definition) is 3. The fourth-order valence-electron chi connectivity index (χ4n) is 1.46. The Bertz CT molecular complexity index is 377. The highest BCUT2D eigenvalue weighted by molar-refractivity contribution is 5.88. The molecule has 0 aliphatic rings. The molecule has 0 saturated carbocycles. The maximum atomic E-state index is 11.0. The second kappa shape index (κ2) is 5.58. The third kappa shape index (κ3) is 2.78. The van der Waals surface area contributed by atoms with Crippen molar-refractivity contribution in [2.24, 2.45) is 0 Å². The molecule has 1 aromatic heterocycles. The van der Waals surface area contributed by atoms with E-state index in [0.717, 1.165) is 18.7 Å². The highest BCUT2D eigenvalue weighted by Gasteiger charge is 2.14. The molecule has 1 heterocycles. The fourth-order valence-corrected chi connectivity index (χ4v) is 1.46. The second-order valence-electron chi connectivity index (χ2n) is 3.95. The van der Waals surface area contributed by atoms with E-state index in [1.807, 2.05) is 13.8 Å². The molecule has 4 heteroatoms. The van der Waals surface area contributed by atoms with E-state index in [1.54, 1.807) is 0 Å². The van der Waals surface area contributed by atoms with Crippen molar-refractivity contribution in [3.05, 3.63) is 23.3 Å². The van der Waals surface area contributed by atoms with Crippen LogP contribution in [0.4, 0.5) is 0 Å². The predicted molar refractivity (Wildman–Crippen MR) is 61.7 cm³/mol. The molecule has 1 atom stereocenters. The van der Waals surface area contributed by atoms with Gasteiger partial charge < -0.3 is 5.11 Å². The lowest BCUT2D eigenvalue weighted by molar-refractivity contribution is 0.0694. The Hall–Kier alpha value is -1.45. The van der Waals surface area contributed by atoms with E-state index >= 15 is 0 Å². The van der Waals surface area contributed by atoms with Crippen LogP contribution in [0.1, 0.15) is 61.4 Å². The molecule has 1 aromatic rings.